The van der Waals surface area contributed by atoms with Crippen LogP contribution in [0.5, 0.6) is 11.5 Å². The lowest BCUT2D eigenvalue weighted by molar-refractivity contribution is -0.0166. The molecule has 2 aromatic heterocycles. The molecule has 3 heterocycles. The number of hydrogen-bond acceptors (Lipinski definition) is 6. The summed E-state index contributed by atoms with van der Waals surface area (Å²) in [4.78, 5) is 4.50. The normalized spacial score (nSPS) is 26.3. The first kappa shape index (κ1) is 19.4. The van der Waals surface area contributed by atoms with E-state index in [1.54, 1.807) is 6.20 Å². The van der Waals surface area contributed by atoms with Crippen molar-refractivity contribution in [2.45, 2.75) is 51.2 Å². The van der Waals surface area contributed by atoms with E-state index in [1.165, 1.54) is 0 Å². The van der Waals surface area contributed by atoms with Gasteiger partial charge in [0.1, 0.15) is 42.1 Å². The minimum Gasteiger partial charge on any atom is -0.492 e. The van der Waals surface area contributed by atoms with Crippen LogP contribution in [-0.4, -0.2) is 51.2 Å². The van der Waals surface area contributed by atoms with Crippen LogP contribution in [0.4, 0.5) is 0 Å². The smallest absolute Gasteiger partial charge is 0.140 e. The third kappa shape index (κ3) is 3.23. The Bertz CT molecular complexity index is 1080. The standard InChI is InChI=1S/C23H27N3O4/c1-13-9-18-16(12-24-6-8-29-18)19(10-13)30-20-11-17(21(27)22(20)28)26-7-4-15-14(2)3-5-25-23(15)26/h3-5,7,9-10,17,20-22,24,27-28H,6,8,11-12H2,1-2H3/t17-,20+,21+,22-/m1/s1. The molecule has 0 saturated heterocycles. The molecule has 7 nitrogen and oxygen atoms in total. The number of nitrogens with zero attached hydrogens (tertiary/aromatic N) is 2. The van der Waals surface area contributed by atoms with Crippen molar-refractivity contribution in [3.63, 3.8) is 0 Å². The van der Waals surface area contributed by atoms with Crippen molar-refractivity contribution in [1.82, 2.24) is 14.9 Å². The van der Waals surface area contributed by atoms with Gasteiger partial charge in [-0.2, -0.15) is 0 Å². The van der Waals surface area contributed by atoms with Gasteiger partial charge in [0.05, 0.1) is 6.04 Å². The van der Waals surface area contributed by atoms with E-state index in [9.17, 15) is 10.2 Å². The summed E-state index contributed by atoms with van der Waals surface area (Å²) >= 11 is 0. The third-order valence-corrected chi connectivity index (χ3v) is 6.22. The van der Waals surface area contributed by atoms with E-state index in [1.807, 2.05) is 48.9 Å². The van der Waals surface area contributed by atoms with Crippen LogP contribution < -0.4 is 14.8 Å². The Morgan fingerprint density at radius 1 is 1.20 bits per heavy atom. The predicted molar refractivity (Wildman–Crippen MR) is 113 cm³/mol. The zero-order valence-electron chi connectivity index (χ0n) is 17.2. The monoisotopic (exact) mass is 409 g/mol. The molecule has 7 heteroatoms. The lowest BCUT2D eigenvalue weighted by Gasteiger charge is -2.21. The highest BCUT2D eigenvalue weighted by atomic mass is 16.5. The number of fused-ring (bicyclic) bond motifs is 2. The number of aryl methyl sites for hydroxylation is 2. The summed E-state index contributed by atoms with van der Waals surface area (Å²) in [6.07, 6.45) is 1.73. The number of rotatable bonds is 3. The molecule has 0 bridgehead atoms. The van der Waals surface area contributed by atoms with Crippen LogP contribution in [0.25, 0.3) is 11.0 Å². The van der Waals surface area contributed by atoms with E-state index < -0.39 is 18.3 Å². The average Bonchev–Trinajstić information content (AvgIpc) is 3.16. The molecule has 1 aliphatic heterocycles. The maximum atomic E-state index is 10.8. The first-order valence-electron chi connectivity index (χ1n) is 10.4. The molecule has 1 fully saturated rings. The molecule has 0 spiro atoms. The molecular weight excluding hydrogens is 382 g/mol. The molecule has 1 aromatic carbocycles. The van der Waals surface area contributed by atoms with Gasteiger partial charge in [-0.1, -0.05) is 0 Å². The average molecular weight is 409 g/mol. The van der Waals surface area contributed by atoms with Crippen molar-refractivity contribution in [3.8, 4) is 11.5 Å². The quantitative estimate of drug-likeness (QED) is 0.615. The molecular formula is C23H27N3O4. The van der Waals surface area contributed by atoms with Gasteiger partial charge in [-0.05, 0) is 49.2 Å². The summed E-state index contributed by atoms with van der Waals surface area (Å²) in [6.45, 7) is 6.06. The first-order chi connectivity index (χ1) is 14.5. The fourth-order valence-corrected chi connectivity index (χ4v) is 4.59. The van der Waals surface area contributed by atoms with Gasteiger partial charge in [0.2, 0.25) is 0 Å². The summed E-state index contributed by atoms with van der Waals surface area (Å²) in [7, 11) is 0. The van der Waals surface area contributed by atoms with E-state index in [0.717, 1.165) is 40.0 Å². The number of nitrogens with one attached hydrogen (secondary N) is 1. The number of aromatic nitrogens is 2. The molecule has 3 aromatic rings. The number of aliphatic hydroxyl groups is 2. The van der Waals surface area contributed by atoms with Crippen LogP contribution >= 0.6 is 0 Å². The van der Waals surface area contributed by atoms with E-state index in [0.29, 0.717) is 25.3 Å². The number of benzene rings is 1. The Balaban J connectivity index is 1.45. The zero-order valence-corrected chi connectivity index (χ0v) is 17.2. The van der Waals surface area contributed by atoms with Crippen molar-refractivity contribution < 1.29 is 19.7 Å². The Labute approximate surface area is 175 Å². The second kappa shape index (κ2) is 7.58. The molecule has 0 amide bonds. The number of hydrogen-bond donors (Lipinski definition) is 3. The minimum atomic E-state index is -0.993. The summed E-state index contributed by atoms with van der Waals surface area (Å²) in [5.74, 6) is 1.51. The van der Waals surface area contributed by atoms with Crippen molar-refractivity contribution in [2.75, 3.05) is 13.2 Å². The molecule has 1 aliphatic carbocycles. The summed E-state index contributed by atoms with van der Waals surface area (Å²) in [5.41, 5.74) is 3.93. The Morgan fingerprint density at radius 2 is 2.07 bits per heavy atom. The summed E-state index contributed by atoms with van der Waals surface area (Å²) in [5, 5.41) is 26.0. The van der Waals surface area contributed by atoms with Crippen molar-refractivity contribution in [2.24, 2.45) is 0 Å². The van der Waals surface area contributed by atoms with Crippen LogP contribution in [0.2, 0.25) is 0 Å². The molecule has 4 atom stereocenters. The van der Waals surface area contributed by atoms with E-state index >= 15 is 0 Å². The lowest BCUT2D eigenvalue weighted by Crippen LogP contribution is -2.34. The van der Waals surface area contributed by atoms with Crippen LogP contribution in [-0.2, 0) is 6.54 Å². The van der Waals surface area contributed by atoms with Crippen molar-refractivity contribution in [3.05, 3.63) is 53.3 Å². The van der Waals surface area contributed by atoms with Gasteiger partial charge in [-0.3, -0.25) is 0 Å². The molecule has 0 unspecified atom stereocenters. The van der Waals surface area contributed by atoms with Crippen LogP contribution in [0.3, 0.4) is 0 Å². The molecule has 2 aliphatic rings. The van der Waals surface area contributed by atoms with E-state index in [2.05, 4.69) is 10.3 Å². The van der Waals surface area contributed by atoms with Crippen LogP contribution in [0, 0.1) is 13.8 Å². The fraction of sp³-hybridized carbons (Fsp3) is 0.435. The second-order valence-electron chi connectivity index (χ2n) is 8.29. The van der Waals surface area contributed by atoms with Gasteiger partial charge in [0.25, 0.3) is 0 Å². The second-order valence-corrected chi connectivity index (χ2v) is 8.29. The maximum absolute atomic E-state index is 10.8. The van der Waals surface area contributed by atoms with Crippen molar-refractivity contribution >= 4 is 11.0 Å². The van der Waals surface area contributed by atoms with Gasteiger partial charge >= 0.3 is 0 Å². The molecule has 0 radical (unpaired) electrons. The molecule has 30 heavy (non-hydrogen) atoms. The Morgan fingerprint density at radius 3 is 2.93 bits per heavy atom. The van der Waals surface area contributed by atoms with Gasteiger partial charge in [0, 0.05) is 42.9 Å². The van der Waals surface area contributed by atoms with Gasteiger partial charge < -0.3 is 29.6 Å². The molecule has 3 N–H and O–H groups in total. The topological polar surface area (TPSA) is 88.8 Å². The summed E-state index contributed by atoms with van der Waals surface area (Å²) in [6, 6.07) is 7.65. The summed E-state index contributed by atoms with van der Waals surface area (Å²) < 4.78 is 14.1. The molecule has 158 valence electrons. The highest BCUT2D eigenvalue weighted by molar-refractivity contribution is 5.79. The largest absolute Gasteiger partial charge is 0.492 e. The molecule has 1 saturated carbocycles. The van der Waals surface area contributed by atoms with Gasteiger partial charge in [-0.25, -0.2) is 4.98 Å². The SMILES string of the molecule is Cc1cc2c(c(O[C@H]3C[C@@H](n4ccc5c(C)ccnc54)[C@H](O)[C@@H]3O)c1)CNCCO2. The Hall–Kier alpha value is -2.61. The fourth-order valence-electron chi connectivity index (χ4n) is 4.59. The lowest BCUT2D eigenvalue weighted by atomic mass is 10.1. The van der Waals surface area contributed by atoms with E-state index in [-0.39, 0.29) is 6.04 Å². The molecule has 5 rings (SSSR count). The first-order valence-corrected chi connectivity index (χ1v) is 10.4. The number of ether oxygens (including phenoxy) is 2. The zero-order chi connectivity index (χ0) is 20.8. The highest BCUT2D eigenvalue weighted by Gasteiger charge is 2.44. The third-order valence-electron chi connectivity index (χ3n) is 6.22. The van der Waals surface area contributed by atoms with Crippen LogP contribution in [0.15, 0.2) is 36.7 Å². The van der Waals surface area contributed by atoms with Crippen LogP contribution in [0.1, 0.15) is 29.2 Å². The minimum absolute atomic E-state index is 0.311. The van der Waals surface area contributed by atoms with Gasteiger partial charge in [0.15, 0.2) is 0 Å². The Kier molecular flexibility index (Phi) is 4.89. The maximum Gasteiger partial charge on any atom is 0.140 e. The predicted octanol–water partition coefficient (Wildman–Crippen LogP) is 2.25. The number of aliphatic hydroxyl groups excluding tert-OH is 2. The highest BCUT2D eigenvalue weighted by Crippen LogP contribution is 2.39. The number of pyridine rings is 1. The van der Waals surface area contributed by atoms with E-state index in [4.69, 9.17) is 9.47 Å². The van der Waals surface area contributed by atoms with Crippen molar-refractivity contribution in [1.29, 1.82) is 0 Å². The van der Waals surface area contributed by atoms with Gasteiger partial charge in [-0.15, -0.1) is 0 Å².